The van der Waals surface area contributed by atoms with Gasteiger partial charge in [0.05, 0.1) is 15.9 Å². The third kappa shape index (κ3) is 4.95. The number of anilines is 1. The second-order valence-corrected chi connectivity index (χ2v) is 9.02. The average Bonchev–Trinajstić information content (AvgIpc) is 3.38. The molecule has 9 heteroatoms. The molecule has 2 aromatic carbocycles. The topological polar surface area (TPSA) is 78.7 Å². The van der Waals surface area contributed by atoms with Crippen LogP contribution in [0.5, 0.6) is 0 Å². The number of thiazole rings is 1. The molecule has 0 atom stereocenters. The summed E-state index contributed by atoms with van der Waals surface area (Å²) in [5.41, 5.74) is 2.78. The first-order valence-electron chi connectivity index (χ1n) is 11.4. The Bertz CT molecular complexity index is 1340. The minimum Gasteiger partial charge on any atom is -0.355 e. The summed E-state index contributed by atoms with van der Waals surface area (Å²) >= 11 is 1.47. The molecule has 0 aliphatic heterocycles. The van der Waals surface area contributed by atoms with Gasteiger partial charge in [-0.25, -0.2) is 9.37 Å². The third-order valence-corrected chi connectivity index (χ3v) is 6.90. The fourth-order valence-corrected chi connectivity index (χ4v) is 4.99. The summed E-state index contributed by atoms with van der Waals surface area (Å²) in [7, 11) is 1.51. The van der Waals surface area contributed by atoms with Crippen LogP contribution in [0.1, 0.15) is 37.0 Å². The predicted octanol–water partition coefficient (Wildman–Crippen LogP) is 4.78. The van der Waals surface area contributed by atoms with Gasteiger partial charge in [0, 0.05) is 36.5 Å². The Morgan fingerprint density at radius 2 is 1.94 bits per heavy atom. The van der Waals surface area contributed by atoms with Gasteiger partial charge in [0.25, 0.3) is 5.91 Å². The van der Waals surface area contributed by atoms with E-state index in [1.807, 2.05) is 22.6 Å². The Morgan fingerprint density at radius 1 is 1.15 bits per heavy atom. The molecular weight excluding hydrogens is 453 g/mol. The molecule has 4 aromatic rings. The summed E-state index contributed by atoms with van der Waals surface area (Å²) in [6, 6.07) is 10.1. The molecule has 0 saturated carbocycles. The molecule has 0 bridgehead atoms. The van der Waals surface area contributed by atoms with Crippen LogP contribution < -0.4 is 10.6 Å². The maximum absolute atomic E-state index is 14.7. The Hall–Kier alpha value is -3.30. The Balaban J connectivity index is 1.50. The number of nitrogens with zero attached hydrogens (tertiary/aromatic N) is 3. The van der Waals surface area contributed by atoms with Crippen molar-refractivity contribution in [3.63, 3.8) is 0 Å². The van der Waals surface area contributed by atoms with Gasteiger partial charge < -0.3 is 15.5 Å². The number of carbonyl (C=O) groups is 2. The van der Waals surface area contributed by atoms with E-state index in [1.54, 1.807) is 18.3 Å². The number of benzene rings is 2. The lowest BCUT2D eigenvalue weighted by Crippen LogP contribution is -2.25. The third-order valence-electron chi connectivity index (χ3n) is 5.88. The van der Waals surface area contributed by atoms with E-state index in [4.69, 9.17) is 0 Å². The van der Waals surface area contributed by atoms with Crippen molar-refractivity contribution in [1.82, 2.24) is 19.6 Å². The molecule has 0 radical (unpaired) electrons. The molecule has 0 saturated heterocycles. The summed E-state index contributed by atoms with van der Waals surface area (Å²) in [6.07, 6.45) is 3.10. The normalized spacial score (nSPS) is 11.4. The van der Waals surface area contributed by atoms with Gasteiger partial charge in [0.1, 0.15) is 5.82 Å². The second kappa shape index (κ2) is 10.3. The van der Waals surface area contributed by atoms with Gasteiger partial charge in [-0.3, -0.25) is 14.0 Å². The highest BCUT2D eigenvalue weighted by Gasteiger charge is 2.15. The highest BCUT2D eigenvalue weighted by atomic mass is 32.1. The van der Waals surface area contributed by atoms with Gasteiger partial charge in [-0.1, -0.05) is 25.2 Å². The number of amides is 2. The van der Waals surface area contributed by atoms with E-state index in [-0.39, 0.29) is 17.4 Å². The largest absolute Gasteiger partial charge is 0.355 e. The van der Waals surface area contributed by atoms with Crippen molar-refractivity contribution in [2.24, 2.45) is 0 Å². The standard InChI is InChI=1S/C25H28FN5O2S/c1-4-30(5-2)12-6-7-23(32)28-17-9-11-21-22(14-17)34-25-29-20(15-31(21)25)18-10-8-16(13-19(18)26)24(33)27-3/h8-11,13-15H,4-7,12H2,1-3H3,(H,27,33)(H,28,32). The van der Waals surface area contributed by atoms with E-state index >= 15 is 0 Å². The average molecular weight is 482 g/mol. The first-order valence-corrected chi connectivity index (χ1v) is 12.2. The summed E-state index contributed by atoms with van der Waals surface area (Å²) in [4.78, 5) is 31.7. The van der Waals surface area contributed by atoms with Crippen LogP contribution >= 0.6 is 11.3 Å². The lowest BCUT2D eigenvalue weighted by Gasteiger charge is -2.17. The van der Waals surface area contributed by atoms with Gasteiger partial charge in [-0.15, -0.1) is 0 Å². The number of imidazole rings is 1. The predicted molar refractivity (Wildman–Crippen MR) is 135 cm³/mol. The fourth-order valence-electron chi connectivity index (χ4n) is 3.94. The minimum absolute atomic E-state index is 0.00537. The quantitative estimate of drug-likeness (QED) is 0.361. The minimum atomic E-state index is -0.498. The lowest BCUT2D eigenvalue weighted by atomic mass is 10.1. The van der Waals surface area contributed by atoms with Gasteiger partial charge >= 0.3 is 0 Å². The number of rotatable bonds is 9. The van der Waals surface area contributed by atoms with E-state index < -0.39 is 5.82 Å². The Morgan fingerprint density at radius 3 is 2.65 bits per heavy atom. The van der Waals surface area contributed by atoms with Crippen molar-refractivity contribution in [2.75, 3.05) is 32.0 Å². The highest BCUT2D eigenvalue weighted by molar-refractivity contribution is 7.23. The van der Waals surface area contributed by atoms with Crippen LogP contribution in [0.2, 0.25) is 0 Å². The SMILES string of the molecule is CCN(CC)CCCC(=O)Nc1ccc2c(c1)sc1nc(-c3ccc(C(=O)NC)cc3F)cn12. The molecular formula is C25H28FN5O2S. The summed E-state index contributed by atoms with van der Waals surface area (Å²) in [5.74, 6) is -0.831. The molecule has 2 aromatic heterocycles. The molecule has 34 heavy (non-hydrogen) atoms. The summed E-state index contributed by atoms with van der Waals surface area (Å²) < 4.78 is 17.6. The zero-order valence-corrected chi connectivity index (χ0v) is 20.3. The second-order valence-electron chi connectivity index (χ2n) is 8.02. The first-order chi connectivity index (χ1) is 16.4. The van der Waals surface area contributed by atoms with Crippen molar-refractivity contribution in [2.45, 2.75) is 26.7 Å². The maximum atomic E-state index is 14.7. The number of hydrogen-bond donors (Lipinski definition) is 2. The molecule has 0 unspecified atom stereocenters. The van der Waals surface area contributed by atoms with E-state index in [9.17, 15) is 14.0 Å². The van der Waals surface area contributed by atoms with Crippen molar-refractivity contribution >= 4 is 44.0 Å². The maximum Gasteiger partial charge on any atom is 0.251 e. The molecule has 0 spiro atoms. The van der Waals surface area contributed by atoms with E-state index in [1.165, 1.54) is 24.5 Å². The zero-order valence-electron chi connectivity index (χ0n) is 19.5. The first kappa shape index (κ1) is 23.8. The van der Waals surface area contributed by atoms with E-state index in [0.29, 0.717) is 17.7 Å². The van der Waals surface area contributed by atoms with Crippen LogP contribution in [0.3, 0.4) is 0 Å². The molecule has 0 fully saturated rings. The summed E-state index contributed by atoms with van der Waals surface area (Å²) in [5, 5.41) is 5.47. The van der Waals surface area contributed by atoms with E-state index in [0.717, 1.165) is 46.9 Å². The molecule has 2 N–H and O–H groups in total. The van der Waals surface area contributed by atoms with E-state index in [2.05, 4.69) is 34.4 Å². The summed E-state index contributed by atoms with van der Waals surface area (Å²) in [6.45, 7) is 7.15. The molecule has 2 heterocycles. The molecule has 0 aliphatic carbocycles. The van der Waals surface area contributed by atoms with Crippen LogP contribution in [-0.4, -0.2) is 52.8 Å². The number of fused-ring (bicyclic) bond motifs is 3. The van der Waals surface area contributed by atoms with Crippen LogP contribution in [0.25, 0.3) is 26.4 Å². The van der Waals surface area contributed by atoms with Gasteiger partial charge in [0.15, 0.2) is 4.96 Å². The van der Waals surface area contributed by atoms with Crippen LogP contribution in [-0.2, 0) is 4.79 Å². The number of aromatic nitrogens is 2. The number of hydrogen-bond acceptors (Lipinski definition) is 5. The number of carbonyl (C=O) groups excluding carboxylic acids is 2. The molecule has 178 valence electrons. The monoisotopic (exact) mass is 481 g/mol. The van der Waals surface area contributed by atoms with Gasteiger partial charge in [0.2, 0.25) is 5.91 Å². The van der Waals surface area contributed by atoms with Crippen molar-refractivity contribution < 1.29 is 14.0 Å². The van der Waals surface area contributed by atoms with Gasteiger partial charge in [-0.05, 0) is 62.5 Å². The Labute approximate surface area is 201 Å². The number of nitrogens with one attached hydrogen (secondary N) is 2. The van der Waals surface area contributed by atoms with Crippen LogP contribution in [0.15, 0.2) is 42.6 Å². The highest BCUT2D eigenvalue weighted by Crippen LogP contribution is 2.32. The van der Waals surface area contributed by atoms with Crippen molar-refractivity contribution in [3.05, 3.63) is 54.0 Å². The molecule has 2 amide bonds. The lowest BCUT2D eigenvalue weighted by molar-refractivity contribution is -0.116. The molecule has 7 nitrogen and oxygen atoms in total. The van der Waals surface area contributed by atoms with Crippen molar-refractivity contribution in [3.8, 4) is 11.3 Å². The Kier molecular flexibility index (Phi) is 7.23. The van der Waals surface area contributed by atoms with Crippen molar-refractivity contribution in [1.29, 1.82) is 0 Å². The molecule has 4 rings (SSSR count). The fraction of sp³-hybridized carbons (Fsp3) is 0.320. The number of halogens is 1. The van der Waals surface area contributed by atoms with Crippen LogP contribution in [0, 0.1) is 5.82 Å². The zero-order chi connectivity index (χ0) is 24.2. The van der Waals surface area contributed by atoms with Crippen LogP contribution in [0.4, 0.5) is 10.1 Å². The van der Waals surface area contributed by atoms with Gasteiger partial charge in [-0.2, -0.15) is 0 Å². The smallest absolute Gasteiger partial charge is 0.251 e. The molecule has 0 aliphatic rings.